The number of amides is 1. The summed E-state index contributed by atoms with van der Waals surface area (Å²) in [5.41, 5.74) is 4.83. The van der Waals surface area contributed by atoms with Gasteiger partial charge in [0, 0.05) is 28.9 Å². The van der Waals surface area contributed by atoms with Crippen molar-refractivity contribution in [3.63, 3.8) is 0 Å². The van der Waals surface area contributed by atoms with E-state index in [-0.39, 0.29) is 5.91 Å². The first-order valence-electron chi connectivity index (χ1n) is 10.6. The van der Waals surface area contributed by atoms with Crippen molar-refractivity contribution in [1.82, 2.24) is 19.7 Å². The summed E-state index contributed by atoms with van der Waals surface area (Å²) < 4.78 is 7.66. The average Bonchev–Trinajstić information content (AvgIpc) is 3.07. The van der Waals surface area contributed by atoms with E-state index < -0.39 is 0 Å². The molecule has 2 heterocycles. The van der Waals surface area contributed by atoms with E-state index in [1.807, 2.05) is 45.0 Å². The molecule has 0 atom stereocenters. The molecule has 0 radical (unpaired) electrons. The highest BCUT2D eigenvalue weighted by molar-refractivity contribution is 6.30. The van der Waals surface area contributed by atoms with Crippen molar-refractivity contribution in [2.75, 3.05) is 5.32 Å². The van der Waals surface area contributed by atoms with E-state index in [4.69, 9.17) is 16.3 Å². The summed E-state index contributed by atoms with van der Waals surface area (Å²) in [6.45, 7) is 6.00. The third-order valence-corrected chi connectivity index (χ3v) is 5.62. The van der Waals surface area contributed by atoms with Gasteiger partial charge in [-0.25, -0.2) is 14.6 Å². The lowest BCUT2D eigenvalue weighted by Gasteiger charge is -2.09. The number of hydrogen-bond donors (Lipinski definition) is 1. The molecule has 0 spiro atoms. The largest absolute Gasteiger partial charge is 0.439 e. The number of halogens is 1. The fourth-order valence-electron chi connectivity index (χ4n) is 3.35. The first-order valence-corrected chi connectivity index (χ1v) is 10.9. The molecule has 1 N–H and O–H groups in total. The molecule has 0 saturated carbocycles. The van der Waals surface area contributed by atoms with Gasteiger partial charge in [-0.1, -0.05) is 23.7 Å². The van der Waals surface area contributed by atoms with E-state index >= 15 is 0 Å². The SMILES string of the molecule is Cc1nn(-c2cc(Oc3ccc(NC(=O)CCc4cccc(Cl)c4)cc3)ncn2)c(C)c1C. The number of anilines is 1. The van der Waals surface area contributed by atoms with Gasteiger partial charge in [-0.05, 0) is 74.7 Å². The first kappa shape index (κ1) is 22.5. The summed E-state index contributed by atoms with van der Waals surface area (Å²) >= 11 is 5.99. The van der Waals surface area contributed by atoms with E-state index in [1.54, 1.807) is 35.0 Å². The summed E-state index contributed by atoms with van der Waals surface area (Å²) in [5.74, 6) is 1.58. The van der Waals surface area contributed by atoms with Gasteiger partial charge in [-0.15, -0.1) is 0 Å². The van der Waals surface area contributed by atoms with Gasteiger partial charge in [0.1, 0.15) is 12.1 Å². The summed E-state index contributed by atoms with van der Waals surface area (Å²) in [4.78, 5) is 20.8. The van der Waals surface area contributed by atoms with Crippen LogP contribution in [0, 0.1) is 20.8 Å². The number of nitrogens with zero attached hydrogens (tertiary/aromatic N) is 4. The Morgan fingerprint density at radius 2 is 1.85 bits per heavy atom. The van der Waals surface area contributed by atoms with Crippen LogP contribution in [0.4, 0.5) is 5.69 Å². The molecule has 0 aliphatic rings. The van der Waals surface area contributed by atoms with E-state index in [9.17, 15) is 4.79 Å². The fourth-order valence-corrected chi connectivity index (χ4v) is 3.56. The zero-order valence-electron chi connectivity index (χ0n) is 18.7. The van der Waals surface area contributed by atoms with Gasteiger partial charge < -0.3 is 10.1 Å². The number of aryl methyl sites for hydroxylation is 2. The minimum absolute atomic E-state index is 0.0655. The number of aromatic nitrogens is 4. The lowest BCUT2D eigenvalue weighted by Crippen LogP contribution is -2.12. The van der Waals surface area contributed by atoms with Crippen LogP contribution >= 0.6 is 11.6 Å². The first-order chi connectivity index (χ1) is 15.9. The highest BCUT2D eigenvalue weighted by Gasteiger charge is 2.11. The molecular formula is C25H24ClN5O2. The van der Waals surface area contributed by atoms with Crippen molar-refractivity contribution in [1.29, 1.82) is 0 Å². The number of carbonyl (C=O) groups is 1. The summed E-state index contributed by atoms with van der Waals surface area (Å²) in [5, 5.41) is 8.10. The van der Waals surface area contributed by atoms with Gasteiger partial charge >= 0.3 is 0 Å². The van der Waals surface area contributed by atoms with Crippen molar-refractivity contribution in [3.8, 4) is 17.4 Å². The monoisotopic (exact) mass is 461 g/mol. The second-order valence-electron chi connectivity index (χ2n) is 7.73. The number of benzene rings is 2. The number of nitrogens with one attached hydrogen (secondary N) is 1. The Hall–Kier alpha value is -3.71. The lowest BCUT2D eigenvalue weighted by atomic mass is 10.1. The Bertz CT molecular complexity index is 1280. The molecule has 7 nitrogen and oxygen atoms in total. The molecule has 4 rings (SSSR count). The molecule has 0 bridgehead atoms. The highest BCUT2D eigenvalue weighted by Crippen LogP contribution is 2.23. The number of ether oxygens (including phenoxy) is 1. The minimum atomic E-state index is -0.0655. The van der Waals surface area contributed by atoms with Gasteiger partial charge in [0.25, 0.3) is 0 Å². The quantitative estimate of drug-likeness (QED) is 0.387. The van der Waals surface area contributed by atoms with Crippen molar-refractivity contribution < 1.29 is 9.53 Å². The Morgan fingerprint density at radius 1 is 1.06 bits per heavy atom. The van der Waals surface area contributed by atoms with Crippen LogP contribution in [0.15, 0.2) is 60.9 Å². The highest BCUT2D eigenvalue weighted by atomic mass is 35.5. The molecule has 0 unspecified atom stereocenters. The molecule has 1 amide bonds. The predicted octanol–water partition coefficient (Wildman–Crippen LogP) is 5.60. The second kappa shape index (κ2) is 9.83. The minimum Gasteiger partial charge on any atom is -0.439 e. The van der Waals surface area contributed by atoms with Gasteiger partial charge in [0.15, 0.2) is 5.82 Å². The summed E-state index contributed by atoms with van der Waals surface area (Å²) in [7, 11) is 0. The normalized spacial score (nSPS) is 10.8. The Labute approximate surface area is 197 Å². The van der Waals surface area contributed by atoms with Crippen molar-refractivity contribution >= 4 is 23.2 Å². The Morgan fingerprint density at radius 3 is 2.55 bits per heavy atom. The van der Waals surface area contributed by atoms with Crippen LogP contribution in [0.5, 0.6) is 11.6 Å². The Kier molecular flexibility index (Phi) is 6.70. The summed E-state index contributed by atoms with van der Waals surface area (Å²) in [6, 6.07) is 16.4. The molecule has 0 saturated heterocycles. The van der Waals surface area contributed by atoms with Crippen LogP contribution in [0.2, 0.25) is 5.02 Å². The zero-order chi connectivity index (χ0) is 23.4. The number of carbonyl (C=O) groups excluding carboxylic acids is 1. The van der Waals surface area contributed by atoms with Crippen molar-refractivity contribution in [3.05, 3.63) is 88.5 Å². The van der Waals surface area contributed by atoms with Crippen LogP contribution in [-0.4, -0.2) is 25.7 Å². The third-order valence-electron chi connectivity index (χ3n) is 5.39. The molecule has 0 fully saturated rings. The maximum Gasteiger partial charge on any atom is 0.224 e. The van der Waals surface area contributed by atoms with Crippen LogP contribution < -0.4 is 10.1 Å². The molecule has 0 aliphatic heterocycles. The van der Waals surface area contributed by atoms with Crippen LogP contribution in [0.3, 0.4) is 0 Å². The molecule has 2 aromatic heterocycles. The van der Waals surface area contributed by atoms with E-state index in [0.29, 0.717) is 41.0 Å². The van der Waals surface area contributed by atoms with Gasteiger partial charge in [-0.2, -0.15) is 5.10 Å². The molecule has 33 heavy (non-hydrogen) atoms. The fraction of sp³-hybridized carbons (Fsp3) is 0.200. The van der Waals surface area contributed by atoms with Crippen LogP contribution in [0.1, 0.15) is 28.9 Å². The van der Waals surface area contributed by atoms with Crippen molar-refractivity contribution in [2.45, 2.75) is 33.6 Å². The molecule has 8 heteroatoms. The standard InChI is InChI=1S/C25H24ClN5O2/c1-16-17(2)30-31(18(16)3)23-14-25(28-15-27-23)33-22-10-8-21(9-11-22)29-24(32)12-7-19-5-4-6-20(26)13-19/h4-6,8-11,13-15H,7,12H2,1-3H3,(H,29,32). The Balaban J connectivity index is 1.37. The molecule has 168 valence electrons. The topological polar surface area (TPSA) is 81.9 Å². The molecule has 4 aromatic rings. The number of hydrogen-bond acceptors (Lipinski definition) is 5. The second-order valence-corrected chi connectivity index (χ2v) is 8.16. The maximum atomic E-state index is 12.3. The van der Waals surface area contributed by atoms with Crippen LogP contribution in [-0.2, 0) is 11.2 Å². The molecule has 2 aromatic carbocycles. The number of rotatable bonds is 7. The smallest absolute Gasteiger partial charge is 0.224 e. The van der Waals surface area contributed by atoms with Crippen molar-refractivity contribution in [2.24, 2.45) is 0 Å². The molecule has 0 aliphatic carbocycles. The van der Waals surface area contributed by atoms with E-state index in [2.05, 4.69) is 20.4 Å². The average molecular weight is 462 g/mol. The summed E-state index contributed by atoms with van der Waals surface area (Å²) in [6.07, 6.45) is 2.44. The van der Waals surface area contributed by atoms with E-state index in [0.717, 1.165) is 22.5 Å². The van der Waals surface area contributed by atoms with Gasteiger partial charge in [-0.3, -0.25) is 4.79 Å². The maximum absolute atomic E-state index is 12.3. The zero-order valence-corrected chi connectivity index (χ0v) is 19.4. The van der Waals surface area contributed by atoms with E-state index in [1.165, 1.54) is 6.33 Å². The molecular weight excluding hydrogens is 438 g/mol. The van der Waals surface area contributed by atoms with Gasteiger partial charge in [0.2, 0.25) is 11.8 Å². The third kappa shape index (κ3) is 5.56. The predicted molar refractivity (Wildman–Crippen MR) is 128 cm³/mol. The lowest BCUT2D eigenvalue weighted by molar-refractivity contribution is -0.116. The van der Waals surface area contributed by atoms with Gasteiger partial charge in [0.05, 0.1) is 5.69 Å². The van der Waals surface area contributed by atoms with Crippen LogP contribution in [0.25, 0.3) is 5.82 Å².